The minimum Gasteiger partial charge on any atom is -0.267 e. The molecule has 0 aliphatic rings. The van der Waals surface area contributed by atoms with Crippen LogP contribution < -0.4 is 10.9 Å². The number of hydrogen-bond acceptors (Lipinski definition) is 6. The molecule has 3 rings (SSSR count). The summed E-state index contributed by atoms with van der Waals surface area (Å²) in [5, 5.41) is 12.5. The van der Waals surface area contributed by atoms with Crippen LogP contribution in [0.4, 0.5) is 0 Å². The van der Waals surface area contributed by atoms with Crippen molar-refractivity contribution in [3.8, 4) is 5.69 Å². The summed E-state index contributed by atoms with van der Waals surface area (Å²) in [6.45, 7) is 0. The van der Waals surface area contributed by atoms with Gasteiger partial charge in [-0.25, -0.2) is 4.68 Å². The highest BCUT2D eigenvalue weighted by Gasteiger charge is 2.10. The summed E-state index contributed by atoms with van der Waals surface area (Å²) in [5.74, 6) is -0.804. The maximum Gasteiger partial charge on any atom is 0.270 e. The van der Waals surface area contributed by atoms with Crippen molar-refractivity contribution in [2.45, 2.75) is 0 Å². The third-order valence-electron chi connectivity index (χ3n) is 2.86. The molecule has 0 bridgehead atoms. The molecule has 0 atom stereocenters. The first-order valence-electron chi connectivity index (χ1n) is 6.31. The molecule has 116 valence electrons. The van der Waals surface area contributed by atoms with Gasteiger partial charge in [-0.3, -0.25) is 20.4 Å². The molecule has 0 aliphatic heterocycles. The molecule has 2 heterocycles. The molecule has 23 heavy (non-hydrogen) atoms. The van der Waals surface area contributed by atoms with Crippen LogP contribution in [0.25, 0.3) is 5.69 Å². The van der Waals surface area contributed by atoms with Gasteiger partial charge in [0.25, 0.3) is 11.8 Å². The lowest BCUT2D eigenvalue weighted by Gasteiger charge is -2.07. The van der Waals surface area contributed by atoms with E-state index in [0.29, 0.717) is 11.1 Å². The largest absolute Gasteiger partial charge is 0.270 e. The number of aromatic nitrogens is 4. The van der Waals surface area contributed by atoms with Crippen molar-refractivity contribution in [3.05, 3.63) is 57.0 Å². The van der Waals surface area contributed by atoms with E-state index < -0.39 is 5.91 Å². The van der Waals surface area contributed by atoms with Crippen molar-refractivity contribution >= 4 is 39.1 Å². The lowest BCUT2D eigenvalue weighted by Crippen LogP contribution is -2.41. The maximum absolute atomic E-state index is 12.0. The fourth-order valence-corrected chi connectivity index (χ4v) is 2.87. The molecule has 0 fully saturated rings. The fourth-order valence-electron chi connectivity index (χ4n) is 1.73. The Kier molecular flexibility index (Phi) is 4.44. The highest BCUT2D eigenvalue weighted by Crippen LogP contribution is 2.20. The second kappa shape index (κ2) is 6.67. The Balaban J connectivity index is 1.61. The average Bonchev–Trinajstić information content (AvgIpc) is 3.24. The van der Waals surface area contributed by atoms with Gasteiger partial charge < -0.3 is 0 Å². The van der Waals surface area contributed by atoms with E-state index in [0.717, 1.165) is 9.47 Å². The van der Waals surface area contributed by atoms with E-state index in [-0.39, 0.29) is 5.91 Å². The molecule has 0 unspecified atom stereocenters. The molecule has 1 aromatic carbocycles. The Labute approximate surface area is 142 Å². The maximum atomic E-state index is 12.0. The standard InChI is InChI=1S/C13H9BrN6O2S/c14-11-5-9(6-23-11)13(22)17-16-12(21)8-1-3-10(4-2-8)20-7-15-18-19-20/h1-7H,(H,16,21)(H,17,22). The van der Waals surface area contributed by atoms with Crippen LogP contribution in [0.2, 0.25) is 0 Å². The molecule has 0 saturated heterocycles. The third kappa shape index (κ3) is 3.60. The van der Waals surface area contributed by atoms with E-state index in [1.54, 1.807) is 35.7 Å². The number of benzene rings is 1. The van der Waals surface area contributed by atoms with Gasteiger partial charge in [0.05, 0.1) is 15.0 Å². The lowest BCUT2D eigenvalue weighted by molar-refractivity contribution is 0.0847. The fraction of sp³-hybridized carbons (Fsp3) is 0. The van der Waals surface area contributed by atoms with E-state index >= 15 is 0 Å². The van der Waals surface area contributed by atoms with Crippen LogP contribution in [0.1, 0.15) is 20.7 Å². The van der Waals surface area contributed by atoms with Crippen molar-refractivity contribution in [1.29, 1.82) is 0 Å². The number of carbonyl (C=O) groups is 2. The third-order valence-corrected chi connectivity index (χ3v) is 4.37. The number of amides is 2. The van der Waals surface area contributed by atoms with Crippen molar-refractivity contribution < 1.29 is 9.59 Å². The van der Waals surface area contributed by atoms with Crippen molar-refractivity contribution in [3.63, 3.8) is 0 Å². The van der Waals surface area contributed by atoms with Gasteiger partial charge in [-0.05, 0) is 56.7 Å². The summed E-state index contributed by atoms with van der Waals surface area (Å²) in [7, 11) is 0. The number of rotatable bonds is 3. The number of hydrogen-bond donors (Lipinski definition) is 2. The predicted molar refractivity (Wildman–Crippen MR) is 86.1 cm³/mol. The predicted octanol–water partition coefficient (Wildman–Crippen LogP) is 1.56. The van der Waals surface area contributed by atoms with Gasteiger partial charge >= 0.3 is 0 Å². The van der Waals surface area contributed by atoms with Crippen LogP contribution in [0, 0.1) is 0 Å². The van der Waals surface area contributed by atoms with Crippen LogP contribution in [0.15, 0.2) is 45.8 Å². The summed E-state index contributed by atoms with van der Waals surface area (Å²) >= 11 is 4.66. The smallest absolute Gasteiger partial charge is 0.267 e. The van der Waals surface area contributed by atoms with Gasteiger partial charge in [-0.1, -0.05) is 0 Å². The highest BCUT2D eigenvalue weighted by atomic mass is 79.9. The van der Waals surface area contributed by atoms with Crippen molar-refractivity contribution in [2.75, 3.05) is 0 Å². The summed E-state index contributed by atoms with van der Waals surface area (Å²) in [5.41, 5.74) is 6.31. The van der Waals surface area contributed by atoms with Crippen LogP contribution in [-0.4, -0.2) is 32.0 Å². The Hall–Kier alpha value is -2.59. The molecular formula is C13H9BrN6O2S. The molecule has 3 aromatic rings. The molecule has 0 saturated carbocycles. The van der Waals surface area contributed by atoms with Crippen LogP contribution in [0.3, 0.4) is 0 Å². The average molecular weight is 393 g/mol. The molecule has 2 amide bonds. The van der Waals surface area contributed by atoms with E-state index in [1.165, 1.54) is 22.3 Å². The summed E-state index contributed by atoms with van der Waals surface area (Å²) in [6.07, 6.45) is 1.45. The summed E-state index contributed by atoms with van der Waals surface area (Å²) in [4.78, 5) is 23.8. The van der Waals surface area contributed by atoms with Crippen LogP contribution >= 0.6 is 27.3 Å². The molecule has 0 spiro atoms. The SMILES string of the molecule is O=C(NNC(=O)c1csc(Br)c1)c1ccc(-n2cnnn2)cc1. The Morgan fingerprint density at radius 1 is 1.09 bits per heavy atom. The Morgan fingerprint density at radius 3 is 2.35 bits per heavy atom. The number of nitrogens with zero attached hydrogens (tertiary/aromatic N) is 4. The summed E-state index contributed by atoms with van der Waals surface area (Å²) < 4.78 is 2.31. The van der Waals surface area contributed by atoms with Gasteiger partial charge in [0.2, 0.25) is 0 Å². The van der Waals surface area contributed by atoms with Gasteiger partial charge in [0.1, 0.15) is 6.33 Å². The molecule has 8 nitrogen and oxygen atoms in total. The summed E-state index contributed by atoms with van der Waals surface area (Å²) in [6, 6.07) is 8.29. The number of hydrazine groups is 1. The van der Waals surface area contributed by atoms with Crippen molar-refractivity contribution in [1.82, 2.24) is 31.1 Å². The quantitative estimate of drug-likeness (QED) is 0.658. The molecule has 0 radical (unpaired) electrons. The van der Waals surface area contributed by atoms with E-state index in [1.807, 2.05) is 0 Å². The topological polar surface area (TPSA) is 102 Å². The minimum atomic E-state index is -0.420. The molecule has 10 heteroatoms. The van der Waals surface area contributed by atoms with Crippen molar-refractivity contribution in [2.24, 2.45) is 0 Å². The number of nitrogens with one attached hydrogen (secondary N) is 2. The van der Waals surface area contributed by atoms with Gasteiger partial charge in [-0.15, -0.1) is 16.4 Å². The number of thiophene rings is 1. The molecular weight excluding hydrogens is 384 g/mol. The molecule has 2 N–H and O–H groups in total. The normalized spacial score (nSPS) is 10.3. The zero-order valence-corrected chi connectivity index (χ0v) is 13.8. The number of carbonyl (C=O) groups excluding carboxylic acids is 2. The molecule has 2 aromatic heterocycles. The van der Waals surface area contributed by atoms with Crippen LogP contribution in [0.5, 0.6) is 0 Å². The highest BCUT2D eigenvalue weighted by molar-refractivity contribution is 9.11. The van der Waals surface area contributed by atoms with Gasteiger partial charge in [0.15, 0.2) is 0 Å². The van der Waals surface area contributed by atoms with Gasteiger partial charge in [0, 0.05) is 10.9 Å². The van der Waals surface area contributed by atoms with E-state index in [9.17, 15) is 9.59 Å². The zero-order valence-electron chi connectivity index (χ0n) is 11.4. The number of tetrazole rings is 1. The van der Waals surface area contributed by atoms with E-state index in [2.05, 4.69) is 42.3 Å². The Bertz CT molecular complexity index is 831. The second-order valence-corrected chi connectivity index (χ2v) is 6.64. The first-order chi connectivity index (χ1) is 11.1. The first kappa shape index (κ1) is 15.3. The monoisotopic (exact) mass is 392 g/mol. The first-order valence-corrected chi connectivity index (χ1v) is 7.99. The lowest BCUT2D eigenvalue weighted by atomic mass is 10.2. The second-order valence-electron chi connectivity index (χ2n) is 4.35. The molecule has 0 aliphatic carbocycles. The van der Waals surface area contributed by atoms with Crippen LogP contribution in [-0.2, 0) is 0 Å². The van der Waals surface area contributed by atoms with Gasteiger partial charge in [-0.2, -0.15) is 0 Å². The Morgan fingerprint density at radius 2 is 1.78 bits per heavy atom. The zero-order chi connectivity index (χ0) is 16.2. The number of halogens is 1. The van der Waals surface area contributed by atoms with E-state index in [4.69, 9.17) is 0 Å². The minimum absolute atomic E-state index is 0.384.